The van der Waals surface area contributed by atoms with Crippen molar-refractivity contribution in [2.45, 2.75) is 19.3 Å². The van der Waals surface area contributed by atoms with Gasteiger partial charge in [-0.2, -0.15) is 0 Å². The Labute approximate surface area is 127 Å². The molecule has 0 aromatic heterocycles. The van der Waals surface area contributed by atoms with Crippen molar-refractivity contribution in [3.63, 3.8) is 0 Å². The van der Waals surface area contributed by atoms with E-state index in [9.17, 15) is 9.59 Å². The Balaban J connectivity index is 1.88. The summed E-state index contributed by atoms with van der Waals surface area (Å²) in [5.74, 6) is -0.271. The molecule has 1 aromatic rings. The van der Waals surface area contributed by atoms with Gasteiger partial charge < -0.3 is 10.6 Å². The molecule has 1 saturated carbocycles. The van der Waals surface area contributed by atoms with Gasteiger partial charge in [0.2, 0.25) is 11.8 Å². The first kappa shape index (κ1) is 15.1. The molecule has 108 valence electrons. The normalized spacial score (nSPS) is 20.4. The maximum atomic E-state index is 11.9. The van der Waals surface area contributed by atoms with Gasteiger partial charge in [0.1, 0.15) is 0 Å². The third-order valence-corrected chi connectivity index (χ3v) is 3.85. The van der Waals surface area contributed by atoms with E-state index in [1.807, 2.05) is 13.0 Å². The molecule has 2 N–H and O–H groups in total. The molecule has 1 aliphatic carbocycles. The molecule has 1 aliphatic rings. The molecule has 4 nitrogen and oxygen atoms in total. The average Bonchev–Trinajstić information content (AvgIpc) is 3.16. The predicted molar refractivity (Wildman–Crippen MR) is 79.0 cm³/mol. The molecular formula is C14H16Cl2N2O2. The van der Waals surface area contributed by atoms with E-state index in [2.05, 4.69) is 10.6 Å². The lowest BCUT2D eigenvalue weighted by Gasteiger charge is -2.06. The van der Waals surface area contributed by atoms with Crippen molar-refractivity contribution in [1.82, 2.24) is 10.6 Å². The Morgan fingerprint density at radius 1 is 1.30 bits per heavy atom. The van der Waals surface area contributed by atoms with Gasteiger partial charge in [0.25, 0.3) is 0 Å². The fourth-order valence-corrected chi connectivity index (χ4v) is 2.74. The van der Waals surface area contributed by atoms with Crippen molar-refractivity contribution < 1.29 is 9.59 Å². The van der Waals surface area contributed by atoms with Crippen LogP contribution in [-0.4, -0.2) is 24.9 Å². The molecule has 2 rings (SSSR count). The number of hydrogen-bond acceptors (Lipinski definition) is 2. The van der Waals surface area contributed by atoms with Crippen LogP contribution in [0.3, 0.4) is 0 Å². The second-order valence-electron chi connectivity index (χ2n) is 4.79. The molecule has 0 bridgehead atoms. The lowest BCUT2D eigenvalue weighted by Crippen LogP contribution is -2.37. The summed E-state index contributed by atoms with van der Waals surface area (Å²) < 4.78 is 0. The van der Waals surface area contributed by atoms with Gasteiger partial charge in [0.05, 0.1) is 6.54 Å². The van der Waals surface area contributed by atoms with Crippen molar-refractivity contribution in [2.75, 3.05) is 13.1 Å². The Morgan fingerprint density at radius 3 is 2.70 bits per heavy atom. The van der Waals surface area contributed by atoms with Crippen LogP contribution in [0.1, 0.15) is 24.8 Å². The van der Waals surface area contributed by atoms with Gasteiger partial charge in [-0.05, 0) is 37.0 Å². The van der Waals surface area contributed by atoms with E-state index in [1.165, 1.54) is 0 Å². The number of amides is 2. The topological polar surface area (TPSA) is 58.2 Å². The standard InChI is InChI=1S/C14H16Cl2N2O2/c1-2-17-13(19)7-18-14(20)11-6-10(11)9-4-3-8(15)5-12(9)16/h3-5,10-11H,2,6-7H2,1H3,(H,17,19)(H,18,20). The molecule has 0 radical (unpaired) electrons. The van der Waals surface area contributed by atoms with E-state index >= 15 is 0 Å². The zero-order chi connectivity index (χ0) is 14.7. The number of carbonyl (C=O) groups excluding carboxylic acids is 2. The highest BCUT2D eigenvalue weighted by molar-refractivity contribution is 6.35. The summed E-state index contributed by atoms with van der Waals surface area (Å²) in [6.07, 6.45) is 0.753. The van der Waals surface area contributed by atoms with Gasteiger partial charge in [-0.1, -0.05) is 29.3 Å². The zero-order valence-electron chi connectivity index (χ0n) is 11.1. The van der Waals surface area contributed by atoms with E-state index in [0.717, 1.165) is 12.0 Å². The van der Waals surface area contributed by atoms with E-state index in [0.29, 0.717) is 16.6 Å². The molecule has 0 spiro atoms. The summed E-state index contributed by atoms with van der Waals surface area (Å²) in [5.41, 5.74) is 0.939. The number of nitrogens with one attached hydrogen (secondary N) is 2. The summed E-state index contributed by atoms with van der Waals surface area (Å²) in [7, 11) is 0. The lowest BCUT2D eigenvalue weighted by atomic mass is 10.1. The SMILES string of the molecule is CCNC(=O)CNC(=O)C1CC1c1ccc(Cl)cc1Cl. The minimum absolute atomic E-state index is 0.0181. The second-order valence-corrected chi connectivity index (χ2v) is 5.63. The van der Waals surface area contributed by atoms with Crippen molar-refractivity contribution in [3.8, 4) is 0 Å². The third kappa shape index (κ3) is 3.64. The minimum atomic E-state index is -0.178. The molecule has 2 unspecified atom stereocenters. The van der Waals surface area contributed by atoms with Crippen molar-refractivity contribution >= 4 is 35.0 Å². The number of rotatable bonds is 5. The summed E-state index contributed by atoms with van der Waals surface area (Å²) in [6.45, 7) is 2.41. The fourth-order valence-electron chi connectivity index (χ4n) is 2.19. The molecule has 0 aliphatic heterocycles. The smallest absolute Gasteiger partial charge is 0.239 e. The molecule has 0 heterocycles. The molecule has 1 fully saturated rings. The van der Waals surface area contributed by atoms with Gasteiger partial charge >= 0.3 is 0 Å². The Morgan fingerprint density at radius 2 is 2.05 bits per heavy atom. The molecular weight excluding hydrogens is 299 g/mol. The highest BCUT2D eigenvalue weighted by Crippen LogP contribution is 2.49. The Bertz CT molecular complexity index is 534. The number of halogens is 2. The van der Waals surface area contributed by atoms with Gasteiger partial charge in [-0.3, -0.25) is 9.59 Å². The quantitative estimate of drug-likeness (QED) is 0.876. The molecule has 1 aromatic carbocycles. The van der Waals surface area contributed by atoms with E-state index < -0.39 is 0 Å². The zero-order valence-corrected chi connectivity index (χ0v) is 12.6. The van der Waals surface area contributed by atoms with Gasteiger partial charge in [0, 0.05) is 22.5 Å². The average molecular weight is 315 g/mol. The molecule has 2 amide bonds. The van der Waals surface area contributed by atoms with Crippen molar-refractivity contribution in [3.05, 3.63) is 33.8 Å². The monoisotopic (exact) mass is 314 g/mol. The van der Waals surface area contributed by atoms with Crippen molar-refractivity contribution in [2.24, 2.45) is 5.92 Å². The minimum Gasteiger partial charge on any atom is -0.355 e. The van der Waals surface area contributed by atoms with Crippen LogP contribution in [0.5, 0.6) is 0 Å². The molecule has 0 saturated heterocycles. The number of hydrogen-bond donors (Lipinski definition) is 2. The van der Waals surface area contributed by atoms with E-state index in [4.69, 9.17) is 23.2 Å². The first-order valence-electron chi connectivity index (χ1n) is 6.52. The third-order valence-electron chi connectivity index (χ3n) is 3.29. The Kier molecular flexibility index (Phi) is 4.89. The molecule has 20 heavy (non-hydrogen) atoms. The second kappa shape index (κ2) is 6.46. The van der Waals surface area contributed by atoms with Crippen LogP contribution in [0.25, 0.3) is 0 Å². The van der Waals surface area contributed by atoms with Crippen LogP contribution in [0.2, 0.25) is 10.0 Å². The van der Waals surface area contributed by atoms with Gasteiger partial charge in [-0.25, -0.2) is 0 Å². The maximum Gasteiger partial charge on any atom is 0.239 e. The maximum absolute atomic E-state index is 11.9. The highest BCUT2D eigenvalue weighted by atomic mass is 35.5. The van der Waals surface area contributed by atoms with Crippen LogP contribution >= 0.6 is 23.2 Å². The van der Waals surface area contributed by atoms with Crippen LogP contribution in [0, 0.1) is 5.92 Å². The summed E-state index contributed by atoms with van der Waals surface area (Å²) in [6, 6.07) is 5.30. The first-order valence-corrected chi connectivity index (χ1v) is 7.28. The number of likely N-dealkylation sites (N-methyl/N-ethyl adjacent to an activating group) is 1. The van der Waals surface area contributed by atoms with E-state index in [1.54, 1.807) is 12.1 Å². The van der Waals surface area contributed by atoms with Crippen LogP contribution < -0.4 is 10.6 Å². The highest BCUT2D eigenvalue weighted by Gasteiger charge is 2.44. The van der Waals surface area contributed by atoms with Crippen molar-refractivity contribution in [1.29, 1.82) is 0 Å². The fraction of sp³-hybridized carbons (Fsp3) is 0.429. The molecule has 6 heteroatoms. The lowest BCUT2D eigenvalue weighted by molar-refractivity contribution is -0.126. The summed E-state index contributed by atoms with van der Waals surface area (Å²) >= 11 is 12.0. The molecule has 2 atom stereocenters. The van der Waals surface area contributed by atoms with Crippen LogP contribution in [0.15, 0.2) is 18.2 Å². The largest absolute Gasteiger partial charge is 0.355 e. The van der Waals surface area contributed by atoms with Crippen LogP contribution in [0.4, 0.5) is 0 Å². The predicted octanol–water partition coefficient (Wildman–Crippen LogP) is 2.35. The number of benzene rings is 1. The summed E-state index contributed by atoms with van der Waals surface area (Å²) in [5, 5.41) is 6.43. The van der Waals surface area contributed by atoms with Gasteiger partial charge in [-0.15, -0.1) is 0 Å². The van der Waals surface area contributed by atoms with Crippen LogP contribution in [-0.2, 0) is 9.59 Å². The van der Waals surface area contributed by atoms with E-state index in [-0.39, 0.29) is 30.2 Å². The van der Waals surface area contributed by atoms with Gasteiger partial charge in [0.15, 0.2) is 0 Å². The first-order chi connectivity index (χ1) is 9.52. The Hall–Kier alpha value is -1.26. The number of carbonyl (C=O) groups is 2. The summed E-state index contributed by atoms with van der Waals surface area (Å²) in [4.78, 5) is 23.2.